The van der Waals surface area contributed by atoms with Crippen LogP contribution in [0.4, 0.5) is 4.79 Å². The Morgan fingerprint density at radius 1 is 1.04 bits per heavy atom. The largest absolute Gasteiger partial charge is 0.342 e. The van der Waals surface area contributed by atoms with Gasteiger partial charge < -0.3 is 20.0 Å². The molecule has 0 spiro atoms. The molecule has 2 aliphatic rings. The lowest BCUT2D eigenvalue weighted by molar-refractivity contribution is -0.138. The van der Waals surface area contributed by atoms with Crippen molar-refractivity contribution < 1.29 is 9.59 Å². The molecule has 28 heavy (non-hydrogen) atoms. The third kappa shape index (κ3) is 5.61. The van der Waals surface area contributed by atoms with Crippen LogP contribution >= 0.6 is 12.4 Å². The van der Waals surface area contributed by atoms with E-state index in [4.69, 9.17) is 0 Å². The van der Waals surface area contributed by atoms with Gasteiger partial charge in [0, 0.05) is 45.7 Å². The average Bonchev–Trinajstić information content (AvgIpc) is 2.73. The summed E-state index contributed by atoms with van der Waals surface area (Å²) in [6.45, 7) is 3.91. The van der Waals surface area contributed by atoms with Crippen molar-refractivity contribution in [3.63, 3.8) is 0 Å². The van der Waals surface area contributed by atoms with Gasteiger partial charge in [0.15, 0.2) is 0 Å². The predicted octanol–water partition coefficient (Wildman–Crippen LogP) is 2.58. The second-order valence-corrected chi connectivity index (χ2v) is 7.82. The van der Waals surface area contributed by atoms with Crippen LogP contribution < -0.4 is 5.32 Å². The van der Waals surface area contributed by atoms with Crippen molar-refractivity contribution in [1.82, 2.24) is 20.0 Å². The molecule has 0 atom stereocenters. The number of halogens is 1. The Kier molecular flexibility index (Phi) is 8.58. The number of carbonyl (C=O) groups excluding carboxylic acids is 2. The Morgan fingerprint density at radius 2 is 1.64 bits per heavy atom. The minimum Gasteiger partial charge on any atom is -0.342 e. The number of amides is 3. The van der Waals surface area contributed by atoms with Gasteiger partial charge in [-0.1, -0.05) is 30.3 Å². The number of piperidine rings is 2. The molecule has 0 unspecified atom stereocenters. The standard InChI is InChI=1S/C21H32N4O2.ClH/c1-23(16-17-6-4-3-5-7-17)21(27)25-14-10-18(11-15-25)20(26)24(2)19-8-12-22-13-9-19;/h3-7,18-19,22H,8-16H2,1-2H3;1H. The first kappa shape index (κ1) is 22.5. The van der Waals surface area contributed by atoms with E-state index in [2.05, 4.69) is 5.32 Å². The zero-order chi connectivity index (χ0) is 19.2. The highest BCUT2D eigenvalue weighted by molar-refractivity contribution is 5.85. The van der Waals surface area contributed by atoms with Crippen LogP contribution in [0.2, 0.25) is 0 Å². The molecular formula is C21H33ClN4O2. The quantitative estimate of drug-likeness (QED) is 0.833. The maximum Gasteiger partial charge on any atom is 0.320 e. The van der Waals surface area contributed by atoms with Gasteiger partial charge in [-0.3, -0.25) is 4.79 Å². The number of urea groups is 1. The Balaban J connectivity index is 0.00000280. The number of hydrogen-bond donors (Lipinski definition) is 1. The number of nitrogens with one attached hydrogen (secondary N) is 1. The SMILES string of the molecule is CN(Cc1ccccc1)C(=O)N1CCC(C(=O)N(C)C2CCNCC2)CC1.Cl. The van der Waals surface area contributed by atoms with E-state index in [0.717, 1.165) is 44.3 Å². The number of likely N-dealkylation sites (tertiary alicyclic amines) is 1. The van der Waals surface area contributed by atoms with E-state index in [-0.39, 0.29) is 30.3 Å². The van der Waals surface area contributed by atoms with Crippen molar-refractivity contribution in [2.75, 3.05) is 40.3 Å². The Bertz CT molecular complexity index is 629. The van der Waals surface area contributed by atoms with Crippen molar-refractivity contribution in [2.24, 2.45) is 5.92 Å². The summed E-state index contributed by atoms with van der Waals surface area (Å²) < 4.78 is 0. The van der Waals surface area contributed by atoms with Gasteiger partial charge in [0.05, 0.1) is 0 Å². The minimum atomic E-state index is 0. The predicted molar refractivity (Wildman–Crippen MR) is 114 cm³/mol. The van der Waals surface area contributed by atoms with E-state index in [1.165, 1.54) is 0 Å². The fraction of sp³-hybridized carbons (Fsp3) is 0.619. The summed E-state index contributed by atoms with van der Waals surface area (Å²) >= 11 is 0. The molecule has 0 radical (unpaired) electrons. The number of rotatable bonds is 4. The average molecular weight is 409 g/mol. The summed E-state index contributed by atoms with van der Waals surface area (Å²) in [6, 6.07) is 10.4. The Labute approximate surface area is 174 Å². The normalized spacial score (nSPS) is 18.3. The van der Waals surface area contributed by atoms with Crippen LogP contribution in [0.3, 0.4) is 0 Å². The number of carbonyl (C=O) groups is 2. The van der Waals surface area contributed by atoms with Crippen LogP contribution in [0.1, 0.15) is 31.2 Å². The molecule has 0 saturated carbocycles. The van der Waals surface area contributed by atoms with Crippen molar-refractivity contribution in [1.29, 1.82) is 0 Å². The molecule has 2 heterocycles. The first-order valence-electron chi connectivity index (χ1n) is 10.1. The van der Waals surface area contributed by atoms with Gasteiger partial charge in [0.25, 0.3) is 0 Å². The molecule has 0 aromatic heterocycles. The highest BCUT2D eigenvalue weighted by Gasteiger charge is 2.32. The van der Waals surface area contributed by atoms with E-state index in [1.807, 2.05) is 54.2 Å². The summed E-state index contributed by atoms with van der Waals surface area (Å²) in [6.07, 6.45) is 3.59. The topological polar surface area (TPSA) is 55.9 Å². The molecule has 2 aliphatic heterocycles. The molecule has 0 aliphatic carbocycles. The highest BCUT2D eigenvalue weighted by atomic mass is 35.5. The van der Waals surface area contributed by atoms with Crippen LogP contribution in [-0.4, -0.2) is 73.0 Å². The van der Waals surface area contributed by atoms with Gasteiger partial charge in [-0.15, -0.1) is 12.4 Å². The summed E-state index contributed by atoms with van der Waals surface area (Å²) in [5.74, 6) is 0.306. The second-order valence-electron chi connectivity index (χ2n) is 7.82. The van der Waals surface area contributed by atoms with E-state index in [0.29, 0.717) is 25.7 Å². The molecule has 1 N–H and O–H groups in total. The van der Waals surface area contributed by atoms with Crippen LogP contribution in [0.25, 0.3) is 0 Å². The number of benzene rings is 1. The second kappa shape index (κ2) is 10.7. The molecule has 3 amide bonds. The van der Waals surface area contributed by atoms with Crippen molar-refractivity contribution >= 4 is 24.3 Å². The van der Waals surface area contributed by atoms with Gasteiger partial charge in [0.1, 0.15) is 0 Å². The van der Waals surface area contributed by atoms with Crippen molar-refractivity contribution in [3.05, 3.63) is 35.9 Å². The molecule has 6 nitrogen and oxygen atoms in total. The van der Waals surface area contributed by atoms with Crippen molar-refractivity contribution in [3.8, 4) is 0 Å². The van der Waals surface area contributed by atoms with Gasteiger partial charge in [-0.25, -0.2) is 4.79 Å². The van der Waals surface area contributed by atoms with E-state index in [9.17, 15) is 9.59 Å². The smallest absolute Gasteiger partial charge is 0.320 e. The lowest BCUT2D eigenvalue weighted by Crippen LogP contribution is -2.50. The highest BCUT2D eigenvalue weighted by Crippen LogP contribution is 2.23. The van der Waals surface area contributed by atoms with Gasteiger partial charge >= 0.3 is 6.03 Å². The molecule has 7 heteroatoms. The van der Waals surface area contributed by atoms with E-state index >= 15 is 0 Å². The first-order valence-corrected chi connectivity index (χ1v) is 10.1. The van der Waals surface area contributed by atoms with Gasteiger partial charge in [-0.05, 0) is 44.3 Å². The molecule has 156 valence electrons. The third-order valence-corrected chi connectivity index (χ3v) is 5.91. The monoisotopic (exact) mass is 408 g/mol. The first-order chi connectivity index (χ1) is 13.1. The van der Waals surface area contributed by atoms with E-state index < -0.39 is 0 Å². The maximum absolute atomic E-state index is 12.8. The maximum atomic E-state index is 12.8. The summed E-state index contributed by atoms with van der Waals surface area (Å²) in [7, 11) is 3.79. The third-order valence-electron chi connectivity index (χ3n) is 5.91. The zero-order valence-corrected chi connectivity index (χ0v) is 17.8. The fourth-order valence-electron chi connectivity index (χ4n) is 4.15. The Hall–Kier alpha value is -1.79. The van der Waals surface area contributed by atoms with Crippen LogP contribution in [-0.2, 0) is 11.3 Å². The molecule has 2 saturated heterocycles. The van der Waals surface area contributed by atoms with Crippen molar-refractivity contribution in [2.45, 2.75) is 38.3 Å². The van der Waals surface area contributed by atoms with Gasteiger partial charge in [-0.2, -0.15) is 0 Å². The van der Waals surface area contributed by atoms with Gasteiger partial charge in [0.2, 0.25) is 5.91 Å². The number of nitrogens with zero attached hydrogens (tertiary/aromatic N) is 3. The lowest BCUT2D eigenvalue weighted by atomic mass is 9.94. The molecule has 1 aromatic rings. The molecule has 1 aromatic carbocycles. The minimum absolute atomic E-state index is 0. The number of hydrogen-bond acceptors (Lipinski definition) is 3. The summed E-state index contributed by atoms with van der Waals surface area (Å²) in [5, 5.41) is 3.35. The summed E-state index contributed by atoms with van der Waals surface area (Å²) in [5.41, 5.74) is 1.13. The molecule has 0 bridgehead atoms. The molecule has 2 fully saturated rings. The fourth-order valence-corrected chi connectivity index (χ4v) is 4.15. The van der Waals surface area contributed by atoms with Crippen LogP contribution in [0.5, 0.6) is 0 Å². The lowest BCUT2D eigenvalue weighted by Gasteiger charge is -2.38. The zero-order valence-electron chi connectivity index (χ0n) is 17.0. The summed E-state index contributed by atoms with van der Waals surface area (Å²) in [4.78, 5) is 31.2. The Morgan fingerprint density at radius 3 is 2.25 bits per heavy atom. The van der Waals surface area contributed by atoms with Crippen LogP contribution in [0.15, 0.2) is 30.3 Å². The van der Waals surface area contributed by atoms with E-state index in [1.54, 1.807) is 4.90 Å². The molecular weight excluding hydrogens is 376 g/mol. The molecule has 3 rings (SSSR count). The van der Waals surface area contributed by atoms with Crippen LogP contribution in [0, 0.1) is 5.92 Å².